The number of ether oxygens (including phenoxy) is 1. The molecule has 1 aliphatic carbocycles. The lowest BCUT2D eigenvalue weighted by atomic mass is 9.79. The first-order valence-electron chi connectivity index (χ1n) is 9.98. The van der Waals surface area contributed by atoms with E-state index in [0.29, 0.717) is 11.4 Å². The van der Waals surface area contributed by atoms with Gasteiger partial charge in [0.25, 0.3) is 6.04 Å². The Morgan fingerprint density at radius 2 is 1.97 bits per heavy atom. The summed E-state index contributed by atoms with van der Waals surface area (Å²) in [6, 6.07) is 0.999. The van der Waals surface area contributed by atoms with Crippen molar-refractivity contribution in [2.24, 2.45) is 4.99 Å². The molecular weight excluding hydrogens is 406 g/mol. The standard InChI is InChI=1S/C23H20F2N2O4/c1-10-8-16(28)19-20(25)15(24)9-14(22(19)30-10)18-17(23(29)31-13-6-5-7-13)11(2)27-12(3)21(18)26-4/h8-9,13,18,21H,5-7H2,1-3H3/t18-,21?/m0/s1. The highest BCUT2D eigenvalue weighted by atomic mass is 19.2. The summed E-state index contributed by atoms with van der Waals surface area (Å²) in [6.45, 7) is 12.4. The summed E-state index contributed by atoms with van der Waals surface area (Å²) in [5.41, 5.74) is -0.0270. The molecule has 8 heteroatoms. The monoisotopic (exact) mass is 426 g/mol. The third kappa shape index (κ3) is 3.44. The van der Waals surface area contributed by atoms with Crippen LogP contribution in [-0.2, 0) is 9.53 Å². The van der Waals surface area contributed by atoms with Gasteiger partial charge in [-0.25, -0.2) is 20.1 Å². The molecule has 0 saturated heterocycles. The van der Waals surface area contributed by atoms with Crippen molar-refractivity contribution in [1.29, 1.82) is 0 Å². The number of hydrogen-bond donors (Lipinski definition) is 0. The highest BCUT2D eigenvalue weighted by molar-refractivity contribution is 6.01. The van der Waals surface area contributed by atoms with Crippen molar-refractivity contribution >= 4 is 22.7 Å². The van der Waals surface area contributed by atoms with Crippen LogP contribution in [0.2, 0.25) is 0 Å². The van der Waals surface area contributed by atoms with Crippen LogP contribution in [-0.4, -0.2) is 23.8 Å². The zero-order valence-electron chi connectivity index (χ0n) is 17.3. The van der Waals surface area contributed by atoms with Gasteiger partial charge in [0.05, 0.1) is 11.3 Å². The number of carbonyl (C=O) groups is 1. The van der Waals surface area contributed by atoms with E-state index in [4.69, 9.17) is 15.7 Å². The van der Waals surface area contributed by atoms with Crippen molar-refractivity contribution < 1.29 is 22.7 Å². The lowest BCUT2D eigenvalue weighted by Gasteiger charge is -2.30. The molecule has 4 rings (SSSR count). The fraction of sp³-hybridized carbons (Fsp3) is 0.391. The van der Waals surface area contributed by atoms with E-state index >= 15 is 0 Å². The summed E-state index contributed by atoms with van der Waals surface area (Å²) in [5.74, 6) is -4.06. The minimum absolute atomic E-state index is 0.0462. The normalized spacial score (nSPS) is 21.5. The van der Waals surface area contributed by atoms with Gasteiger partial charge in [-0.3, -0.25) is 9.79 Å². The molecule has 0 bridgehead atoms. The highest BCUT2D eigenvalue weighted by Gasteiger charge is 2.44. The quantitative estimate of drug-likeness (QED) is 0.531. The first-order valence-corrected chi connectivity index (χ1v) is 9.98. The number of allylic oxidation sites excluding steroid dienone is 1. The van der Waals surface area contributed by atoms with Crippen molar-refractivity contribution in [3.63, 3.8) is 0 Å². The van der Waals surface area contributed by atoms with E-state index in [-0.39, 0.29) is 28.6 Å². The zero-order valence-corrected chi connectivity index (χ0v) is 17.3. The fourth-order valence-electron chi connectivity index (χ4n) is 4.12. The molecule has 31 heavy (non-hydrogen) atoms. The number of esters is 1. The second-order valence-electron chi connectivity index (χ2n) is 7.95. The molecule has 2 aliphatic rings. The second-order valence-corrected chi connectivity index (χ2v) is 7.95. The minimum Gasteiger partial charge on any atom is -0.461 e. The SMILES string of the molecule is [C-]#[N+]C1C(C)=NC(C)=C(C(=O)OC2CCC2)[C@@H]1c1cc(F)c(F)c2c(=O)cc(C)oc12. The van der Waals surface area contributed by atoms with Crippen molar-refractivity contribution in [3.05, 3.63) is 68.0 Å². The van der Waals surface area contributed by atoms with Gasteiger partial charge in [-0.1, -0.05) is 0 Å². The number of hydrogen-bond acceptors (Lipinski definition) is 5. The molecule has 0 amide bonds. The van der Waals surface area contributed by atoms with E-state index in [1.807, 2.05) is 0 Å². The molecule has 160 valence electrons. The number of carbonyl (C=O) groups excluding carboxylic acids is 1. The molecule has 2 aromatic rings. The van der Waals surface area contributed by atoms with Crippen LogP contribution in [0.3, 0.4) is 0 Å². The predicted molar refractivity (Wildman–Crippen MR) is 110 cm³/mol. The average molecular weight is 426 g/mol. The van der Waals surface area contributed by atoms with E-state index in [1.165, 1.54) is 6.92 Å². The van der Waals surface area contributed by atoms with Gasteiger partial charge in [0.2, 0.25) is 0 Å². The molecular formula is C23H20F2N2O4. The molecule has 1 aromatic carbocycles. The largest absolute Gasteiger partial charge is 0.461 e. The summed E-state index contributed by atoms with van der Waals surface area (Å²) in [5, 5.41) is -0.547. The fourth-order valence-corrected chi connectivity index (χ4v) is 4.12. The number of aryl methyl sites for hydroxylation is 1. The van der Waals surface area contributed by atoms with Gasteiger partial charge in [-0.05, 0) is 46.1 Å². The van der Waals surface area contributed by atoms with Gasteiger partial charge >= 0.3 is 5.97 Å². The minimum atomic E-state index is -1.33. The zero-order chi connectivity index (χ0) is 22.4. The lowest BCUT2D eigenvalue weighted by molar-refractivity contribution is -0.148. The Bertz CT molecular complexity index is 1270. The van der Waals surface area contributed by atoms with Gasteiger partial charge in [-0.15, -0.1) is 0 Å². The topological polar surface area (TPSA) is 73.2 Å². The van der Waals surface area contributed by atoms with Crippen LogP contribution in [0.1, 0.15) is 50.4 Å². The van der Waals surface area contributed by atoms with E-state index in [0.717, 1.165) is 31.4 Å². The Morgan fingerprint density at radius 1 is 1.26 bits per heavy atom. The molecule has 0 radical (unpaired) electrons. The van der Waals surface area contributed by atoms with E-state index in [2.05, 4.69) is 9.84 Å². The summed E-state index contributed by atoms with van der Waals surface area (Å²) in [7, 11) is 0. The van der Waals surface area contributed by atoms with Crippen LogP contribution in [0.15, 0.2) is 37.6 Å². The van der Waals surface area contributed by atoms with Gasteiger partial charge in [0.15, 0.2) is 17.1 Å². The molecule has 1 aromatic heterocycles. The third-order valence-corrected chi connectivity index (χ3v) is 5.85. The number of halogens is 2. The van der Waals surface area contributed by atoms with Crippen molar-refractivity contribution in [2.45, 2.75) is 58.1 Å². The second kappa shape index (κ2) is 7.73. The van der Waals surface area contributed by atoms with Gasteiger partial charge in [-0.2, -0.15) is 0 Å². The third-order valence-electron chi connectivity index (χ3n) is 5.85. The van der Waals surface area contributed by atoms with Crippen LogP contribution in [0.5, 0.6) is 0 Å². The molecule has 0 spiro atoms. The van der Waals surface area contributed by atoms with E-state index in [9.17, 15) is 18.4 Å². The van der Waals surface area contributed by atoms with Crippen molar-refractivity contribution in [3.8, 4) is 0 Å². The van der Waals surface area contributed by atoms with Gasteiger partial charge < -0.3 is 14.0 Å². The summed E-state index contributed by atoms with van der Waals surface area (Å²) in [4.78, 5) is 33.5. The van der Waals surface area contributed by atoms with Crippen LogP contribution < -0.4 is 5.43 Å². The number of rotatable bonds is 3. The maximum absolute atomic E-state index is 14.6. The van der Waals surface area contributed by atoms with Gasteiger partial charge in [0, 0.05) is 17.3 Å². The summed E-state index contributed by atoms with van der Waals surface area (Å²) < 4.78 is 40.3. The Hall–Kier alpha value is -3.34. The van der Waals surface area contributed by atoms with Crippen LogP contribution >= 0.6 is 0 Å². The Balaban J connectivity index is 1.99. The predicted octanol–water partition coefficient (Wildman–Crippen LogP) is 4.60. The molecule has 1 fully saturated rings. The summed E-state index contributed by atoms with van der Waals surface area (Å²) >= 11 is 0. The smallest absolute Gasteiger partial charge is 0.337 e. The van der Waals surface area contributed by atoms with Crippen LogP contribution in [0.25, 0.3) is 15.8 Å². The molecule has 1 saturated carbocycles. The van der Waals surface area contributed by atoms with E-state index in [1.54, 1.807) is 13.8 Å². The number of fused-ring (bicyclic) bond motifs is 1. The number of nitrogens with zero attached hydrogens (tertiary/aromatic N) is 2. The molecule has 2 heterocycles. The molecule has 1 unspecified atom stereocenters. The van der Waals surface area contributed by atoms with Crippen molar-refractivity contribution in [2.75, 3.05) is 0 Å². The van der Waals surface area contributed by atoms with E-state index < -0.39 is 40.4 Å². The number of aliphatic imine (C=N–C) groups is 1. The average Bonchev–Trinajstić information content (AvgIpc) is 2.66. The molecule has 6 nitrogen and oxygen atoms in total. The Kier molecular flexibility index (Phi) is 5.21. The molecule has 0 N–H and O–H groups in total. The van der Waals surface area contributed by atoms with Crippen LogP contribution in [0.4, 0.5) is 8.78 Å². The molecule has 2 atom stereocenters. The Labute approximate surface area is 177 Å². The highest BCUT2D eigenvalue weighted by Crippen LogP contribution is 2.41. The first-order chi connectivity index (χ1) is 14.7. The summed E-state index contributed by atoms with van der Waals surface area (Å²) in [6.07, 6.45) is 2.24. The molecule has 1 aliphatic heterocycles. The van der Waals surface area contributed by atoms with Crippen molar-refractivity contribution in [1.82, 2.24) is 0 Å². The van der Waals surface area contributed by atoms with Gasteiger partial charge in [0.1, 0.15) is 28.8 Å². The number of benzene rings is 1. The van der Waals surface area contributed by atoms with Crippen LogP contribution in [0, 0.1) is 25.1 Å². The maximum atomic E-state index is 14.6. The maximum Gasteiger partial charge on any atom is 0.337 e. The first kappa shape index (κ1) is 20.9. The Morgan fingerprint density at radius 3 is 2.58 bits per heavy atom. The lowest BCUT2D eigenvalue weighted by Crippen LogP contribution is -2.35.